The van der Waals surface area contributed by atoms with Crippen molar-refractivity contribution < 1.29 is 8.42 Å². The lowest BCUT2D eigenvalue weighted by atomic mass is 10.1. The van der Waals surface area contributed by atoms with Crippen molar-refractivity contribution in [2.45, 2.75) is 58.0 Å². The van der Waals surface area contributed by atoms with Gasteiger partial charge in [-0.2, -0.15) is 0 Å². The average Bonchev–Trinajstić information content (AvgIpc) is 2.69. The highest BCUT2D eigenvalue weighted by Gasteiger charge is 2.23. The van der Waals surface area contributed by atoms with Gasteiger partial charge in [-0.1, -0.05) is 20.8 Å². The Morgan fingerprint density at radius 1 is 1.33 bits per heavy atom. The zero-order valence-corrected chi connectivity index (χ0v) is 16.3. The van der Waals surface area contributed by atoms with E-state index in [-0.39, 0.29) is 6.04 Å². The van der Waals surface area contributed by atoms with Crippen molar-refractivity contribution in [3.8, 4) is 0 Å². The molecule has 1 heterocycles. The molecule has 7 heteroatoms. The van der Waals surface area contributed by atoms with Gasteiger partial charge in [0.25, 0.3) is 0 Å². The molecule has 0 aliphatic heterocycles. The van der Waals surface area contributed by atoms with E-state index in [0.717, 1.165) is 24.3 Å². The third kappa shape index (κ3) is 6.36. The summed E-state index contributed by atoms with van der Waals surface area (Å²) in [6.07, 6.45) is 1.89. The molecule has 122 valence electrons. The Morgan fingerprint density at radius 2 is 2.00 bits per heavy atom. The Balaban J connectivity index is 2.78. The lowest BCUT2D eigenvalue weighted by molar-refractivity contribution is 0.482. The third-order valence-electron chi connectivity index (χ3n) is 2.90. The molecule has 0 aliphatic carbocycles. The highest BCUT2D eigenvalue weighted by atomic mass is 79.9. The van der Waals surface area contributed by atoms with Crippen LogP contribution in [-0.2, 0) is 16.6 Å². The topological polar surface area (TPSA) is 58.2 Å². The molecule has 0 fully saturated rings. The summed E-state index contributed by atoms with van der Waals surface area (Å²) >= 11 is 4.84. The highest BCUT2D eigenvalue weighted by Crippen LogP contribution is 2.31. The van der Waals surface area contributed by atoms with Crippen LogP contribution < -0.4 is 10.0 Å². The summed E-state index contributed by atoms with van der Waals surface area (Å²) < 4.78 is 28.3. The van der Waals surface area contributed by atoms with Gasteiger partial charge >= 0.3 is 0 Å². The number of sulfonamides is 1. The minimum absolute atomic E-state index is 0.0662. The van der Waals surface area contributed by atoms with Gasteiger partial charge in [-0.3, -0.25) is 0 Å². The van der Waals surface area contributed by atoms with Gasteiger partial charge in [0.05, 0.1) is 3.79 Å². The standard InChI is InChI=1S/C14H25BrN2O2S2/c1-5-6-16-9-12-8-13(14(15)20-12)21(18,19)17-11(4)7-10(2)3/h8,10-11,16-17H,5-7,9H2,1-4H3. The van der Waals surface area contributed by atoms with Gasteiger partial charge in [0, 0.05) is 17.5 Å². The van der Waals surface area contributed by atoms with Gasteiger partial charge in [-0.25, -0.2) is 13.1 Å². The summed E-state index contributed by atoms with van der Waals surface area (Å²) in [5.41, 5.74) is 0. The summed E-state index contributed by atoms with van der Waals surface area (Å²) in [6.45, 7) is 9.82. The summed E-state index contributed by atoms with van der Waals surface area (Å²) in [7, 11) is -3.46. The fraction of sp³-hybridized carbons (Fsp3) is 0.714. The lowest BCUT2D eigenvalue weighted by Crippen LogP contribution is -2.33. The smallest absolute Gasteiger partial charge is 0.242 e. The Labute approximate surface area is 140 Å². The van der Waals surface area contributed by atoms with E-state index in [4.69, 9.17) is 0 Å². The zero-order chi connectivity index (χ0) is 16.0. The quantitative estimate of drug-likeness (QED) is 0.625. The molecule has 4 nitrogen and oxygen atoms in total. The largest absolute Gasteiger partial charge is 0.312 e. The van der Waals surface area contributed by atoms with Crippen LogP contribution >= 0.6 is 27.3 Å². The predicted octanol–water partition coefficient (Wildman–Crippen LogP) is 3.72. The second kappa shape index (κ2) is 8.62. The summed E-state index contributed by atoms with van der Waals surface area (Å²) in [6, 6.07) is 1.69. The molecular formula is C14H25BrN2O2S2. The first-order valence-corrected chi connectivity index (χ1v) is 10.4. The van der Waals surface area contributed by atoms with Gasteiger partial charge in [0.2, 0.25) is 10.0 Å². The molecule has 0 radical (unpaired) electrons. The number of hydrogen-bond acceptors (Lipinski definition) is 4. The van der Waals surface area contributed by atoms with E-state index >= 15 is 0 Å². The molecule has 0 saturated heterocycles. The van der Waals surface area contributed by atoms with Crippen molar-refractivity contribution in [2.75, 3.05) is 6.54 Å². The van der Waals surface area contributed by atoms with Crippen LogP contribution in [0.3, 0.4) is 0 Å². The van der Waals surface area contributed by atoms with E-state index in [1.165, 1.54) is 11.3 Å². The predicted molar refractivity (Wildman–Crippen MR) is 93.3 cm³/mol. The summed E-state index contributed by atoms with van der Waals surface area (Å²) in [4.78, 5) is 1.36. The lowest BCUT2D eigenvalue weighted by Gasteiger charge is -2.15. The second-order valence-electron chi connectivity index (χ2n) is 5.68. The maximum Gasteiger partial charge on any atom is 0.242 e. The van der Waals surface area contributed by atoms with Gasteiger partial charge in [0.15, 0.2) is 0 Å². The number of hydrogen-bond donors (Lipinski definition) is 2. The fourth-order valence-electron chi connectivity index (χ4n) is 2.14. The Morgan fingerprint density at radius 3 is 2.57 bits per heavy atom. The molecule has 1 rings (SSSR count). The summed E-state index contributed by atoms with van der Waals surface area (Å²) in [5.74, 6) is 0.461. The number of nitrogens with one attached hydrogen (secondary N) is 2. The van der Waals surface area contributed by atoms with Crippen LogP contribution in [0, 0.1) is 5.92 Å². The van der Waals surface area contributed by atoms with Crippen LogP contribution in [0.25, 0.3) is 0 Å². The van der Waals surface area contributed by atoms with Crippen LogP contribution in [0.4, 0.5) is 0 Å². The average molecular weight is 397 g/mol. The van der Waals surface area contributed by atoms with Crippen molar-refractivity contribution in [1.82, 2.24) is 10.0 Å². The molecule has 0 bridgehead atoms. The Kier molecular flexibility index (Phi) is 7.84. The monoisotopic (exact) mass is 396 g/mol. The number of thiophene rings is 1. The molecule has 1 aromatic heterocycles. The second-order valence-corrected chi connectivity index (χ2v) is 9.82. The van der Waals surface area contributed by atoms with Crippen LogP contribution in [-0.4, -0.2) is 21.0 Å². The Hall–Kier alpha value is 0.0500. The first kappa shape index (κ1) is 19.1. The molecule has 1 atom stereocenters. The first-order chi connectivity index (χ1) is 9.76. The van der Waals surface area contributed by atoms with Crippen molar-refractivity contribution in [3.63, 3.8) is 0 Å². The third-order valence-corrected chi connectivity index (χ3v) is 6.74. The van der Waals surface area contributed by atoms with E-state index in [1.807, 2.05) is 6.92 Å². The van der Waals surface area contributed by atoms with Crippen LogP contribution in [0.15, 0.2) is 14.7 Å². The molecule has 0 aliphatic rings. The molecule has 1 aromatic rings. The van der Waals surface area contributed by atoms with E-state index in [9.17, 15) is 8.42 Å². The molecule has 0 aromatic carbocycles. The van der Waals surface area contributed by atoms with E-state index in [2.05, 4.69) is 46.7 Å². The van der Waals surface area contributed by atoms with Crippen molar-refractivity contribution in [3.05, 3.63) is 14.7 Å². The highest BCUT2D eigenvalue weighted by molar-refractivity contribution is 9.11. The van der Waals surface area contributed by atoms with Crippen LogP contribution in [0.1, 0.15) is 45.4 Å². The van der Waals surface area contributed by atoms with E-state index in [1.54, 1.807) is 6.07 Å². The van der Waals surface area contributed by atoms with E-state index in [0.29, 0.717) is 21.1 Å². The zero-order valence-electron chi connectivity index (χ0n) is 13.1. The molecule has 0 spiro atoms. The van der Waals surface area contributed by atoms with Crippen molar-refractivity contribution in [2.24, 2.45) is 5.92 Å². The maximum absolute atomic E-state index is 12.4. The SMILES string of the molecule is CCCNCc1cc(S(=O)(=O)NC(C)CC(C)C)c(Br)s1. The minimum Gasteiger partial charge on any atom is -0.312 e. The van der Waals surface area contributed by atoms with Crippen molar-refractivity contribution >= 4 is 37.3 Å². The van der Waals surface area contributed by atoms with Gasteiger partial charge < -0.3 is 5.32 Å². The maximum atomic E-state index is 12.4. The van der Waals surface area contributed by atoms with Crippen LogP contribution in [0.5, 0.6) is 0 Å². The van der Waals surface area contributed by atoms with E-state index < -0.39 is 10.0 Å². The summed E-state index contributed by atoms with van der Waals surface area (Å²) in [5, 5.41) is 3.28. The Bertz CT molecular complexity index is 541. The van der Waals surface area contributed by atoms with Crippen molar-refractivity contribution in [1.29, 1.82) is 0 Å². The molecular weight excluding hydrogens is 372 g/mol. The molecule has 0 saturated carbocycles. The molecule has 21 heavy (non-hydrogen) atoms. The normalized spacial score (nSPS) is 13.8. The molecule has 2 N–H and O–H groups in total. The first-order valence-electron chi connectivity index (χ1n) is 7.27. The minimum atomic E-state index is -3.46. The fourth-order valence-corrected chi connectivity index (χ4v) is 6.05. The van der Waals surface area contributed by atoms with Crippen LogP contribution in [0.2, 0.25) is 0 Å². The van der Waals surface area contributed by atoms with Gasteiger partial charge in [-0.05, 0) is 54.2 Å². The molecule has 0 amide bonds. The van der Waals surface area contributed by atoms with Gasteiger partial charge in [0.1, 0.15) is 4.90 Å². The number of rotatable bonds is 9. The molecule has 1 unspecified atom stereocenters. The van der Waals surface area contributed by atoms with Gasteiger partial charge in [-0.15, -0.1) is 11.3 Å². The number of halogens is 1.